The molecular formula is C49H33N2+. The van der Waals surface area contributed by atoms with Crippen molar-refractivity contribution in [3.05, 3.63) is 216 Å². The first-order valence-electron chi connectivity index (χ1n) is 17.8. The minimum atomic E-state index is -0.395. The fraction of sp³-hybridized carbons (Fsp3) is 0.0204. The van der Waals surface area contributed by atoms with Crippen LogP contribution >= 0.6 is 0 Å². The number of hydrogen-bond acceptors (Lipinski definition) is 1. The summed E-state index contributed by atoms with van der Waals surface area (Å²) in [7, 11) is 0. The Hall–Kier alpha value is -6.48. The third kappa shape index (κ3) is 3.85. The van der Waals surface area contributed by atoms with Crippen molar-refractivity contribution in [2.24, 2.45) is 0 Å². The number of nitrogens with one attached hydrogen (secondary N) is 1. The molecule has 1 heterocycles. The highest BCUT2D eigenvalue weighted by atomic mass is 15.2. The van der Waals surface area contributed by atoms with Crippen LogP contribution in [0, 0.1) is 0 Å². The Morgan fingerprint density at radius 2 is 0.784 bits per heavy atom. The normalized spacial score (nSPS) is 15.0. The van der Waals surface area contributed by atoms with Gasteiger partial charge in [0.1, 0.15) is 17.1 Å². The van der Waals surface area contributed by atoms with E-state index in [4.69, 9.17) is 0 Å². The Morgan fingerprint density at radius 3 is 1.43 bits per heavy atom. The Balaban J connectivity index is 1.15. The van der Waals surface area contributed by atoms with Crippen molar-refractivity contribution in [1.29, 1.82) is 0 Å². The second-order valence-corrected chi connectivity index (χ2v) is 13.8. The summed E-state index contributed by atoms with van der Waals surface area (Å²) in [5.74, 6) is 0. The van der Waals surface area contributed by atoms with Crippen LogP contribution in [0.1, 0.15) is 22.3 Å². The molecule has 0 aromatic heterocycles. The molecule has 0 saturated heterocycles. The van der Waals surface area contributed by atoms with E-state index < -0.39 is 5.41 Å². The van der Waals surface area contributed by atoms with E-state index in [1.807, 2.05) is 0 Å². The maximum atomic E-state index is 2.48. The van der Waals surface area contributed by atoms with Gasteiger partial charge in [-0.1, -0.05) is 127 Å². The molecule has 2 heteroatoms. The highest BCUT2D eigenvalue weighted by Gasteiger charge is 2.51. The van der Waals surface area contributed by atoms with Gasteiger partial charge < -0.3 is 4.90 Å². The third-order valence-corrected chi connectivity index (χ3v) is 11.3. The first-order valence-corrected chi connectivity index (χ1v) is 17.8. The SMILES string of the molecule is c1ccc(N(c2ccc3c(c2)-c2ccccc2[NH+]3c2ccccc2)c2ccc3c(c2)C2(c4ccccc4-c4ccccc42)c2ccccc2-3)cc1. The van der Waals surface area contributed by atoms with Crippen molar-refractivity contribution in [2.75, 3.05) is 4.90 Å². The number of nitrogens with zero attached hydrogens (tertiary/aromatic N) is 1. The van der Waals surface area contributed by atoms with Crippen LogP contribution in [0.5, 0.6) is 0 Å². The summed E-state index contributed by atoms with van der Waals surface area (Å²) in [6.07, 6.45) is 0. The van der Waals surface area contributed by atoms with Crippen LogP contribution in [0.25, 0.3) is 33.4 Å². The average Bonchev–Trinajstić information content (AvgIpc) is 3.80. The van der Waals surface area contributed by atoms with E-state index in [0.29, 0.717) is 0 Å². The molecule has 51 heavy (non-hydrogen) atoms. The lowest BCUT2D eigenvalue weighted by atomic mass is 9.70. The molecule has 2 aliphatic carbocycles. The van der Waals surface area contributed by atoms with E-state index in [-0.39, 0.29) is 0 Å². The predicted octanol–water partition coefficient (Wildman–Crippen LogP) is 11.7. The van der Waals surface area contributed by atoms with Crippen molar-refractivity contribution < 1.29 is 4.90 Å². The topological polar surface area (TPSA) is 7.68 Å². The van der Waals surface area contributed by atoms with Gasteiger partial charge in [-0.3, -0.25) is 0 Å². The average molecular weight is 650 g/mol. The molecule has 1 atom stereocenters. The lowest BCUT2D eigenvalue weighted by molar-refractivity contribution is -0.677. The zero-order chi connectivity index (χ0) is 33.5. The minimum Gasteiger partial charge on any atom is -0.310 e. The molecule has 8 aromatic carbocycles. The number of rotatable bonds is 4. The highest BCUT2D eigenvalue weighted by Crippen LogP contribution is 2.63. The van der Waals surface area contributed by atoms with Crippen molar-refractivity contribution in [3.8, 4) is 33.4 Å². The van der Waals surface area contributed by atoms with E-state index in [9.17, 15) is 0 Å². The fourth-order valence-electron chi connectivity index (χ4n) is 9.36. The summed E-state index contributed by atoms with van der Waals surface area (Å²) in [5.41, 5.74) is 20.1. The van der Waals surface area contributed by atoms with Crippen molar-refractivity contribution >= 4 is 34.1 Å². The maximum Gasteiger partial charge on any atom is 0.149 e. The van der Waals surface area contributed by atoms with Crippen LogP contribution in [0.15, 0.2) is 194 Å². The number of para-hydroxylation sites is 3. The van der Waals surface area contributed by atoms with Gasteiger partial charge in [0.2, 0.25) is 0 Å². The van der Waals surface area contributed by atoms with Crippen molar-refractivity contribution in [1.82, 2.24) is 0 Å². The maximum absolute atomic E-state index is 2.48. The lowest BCUT2D eigenvalue weighted by Gasteiger charge is -2.32. The van der Waals surface area contributed by atoms with Crippen molar-refractivity contribution in [2.45, 2.75) is 5.41 Å². The van der Waals surface area contributed by atoms with E-state index in [0.717, 1.165) is 17.1 Å². The quantitative estimate of drug-likeness (QED) is 0.199. The molecule has 11 rings (SSSR count). The van der Waals surface area contributed by atoms with E-state index >= 15 is 0 Å². The smallest absolute Gasteiger partial charge is 0.149 e. The van der Waals surface area contributed by atoms with Crippen LogP contribution in [0.2, 0.25) is 0 Å². The second-order valence-electron chi connectivity index (χ2n) is 13.8. The largest absolute Gasteiger partial charge is 0.310 e. The van der Waals surface area contributed by atoms with Gasteiger partial charge in [0.25, 0.3) is 0 Å². The first-order chi connectivity index (χ1) is 25.3. The minimum absolute atomic E-state index is 0.395. The number of fused-ring (bicyclic) bond motifs is 13. The standard InChI is InChI=1S/C49H32N2/c1-3-15-33(16-4-1)50(35-28-30-48-42(31-35)41-22-10-14-26-47(41)51(48)34-17-5-2-6-18-34)36-27-29-40-39-21-9-13-25-45(39)49(46(40)32-36)43-23-11-7-19-37(43)38-20-8-12-24-44(38)49/h1-32H/p+1. The Labute approximate surface area is 298 Å². The molecule has 2 nitrogen and oxygen atoms in total. The van der Waals surface area contributed by atoms with Crippen LogP contribution in [-0.4, -0.2) is 0 Å². The van der Waals surface area contributed by atoms with Gasteiger partial charge in [-0.15, -0.1) is 0 Å². The van der Waals surface area contributed by atoms with Gasteiger partial charge in [0.15, 0.2) is 0 Å². The summed E-state index contributed by atoms with van der Waals surface area (Å²) in [6, 6.07) is 71.8. The van der Waals surface area contributed by atoms with Gasteiger partial charge in [-0.05, 0) is 99.1 Å². The number of hydrogen-bond donors (Lipinski definition) is 1. The van der Waals surface area contributed by atoms with Crippen molar-refractivity contribution in [3.63, 3.8) is 0 Å². The molecule has 1 aliphatic heterocycles. The van der Waals surface area contributed by atoms with E-state index in [2.05, 4.69) is 199 Å². The first kappa shape index (κ1) is 28.4. The Bertz CT molecular complexity index is 2590. The molecule has 0 saturated carbocycles. The second kappa shape index (κ2) is 10.8. The Morgan fingerprint density at radius 1 is 0.314 bits per heavy atom. The molecule has 0 fully saturated rings. The zero-order valence-corrected chi connectivity index (χ0v) is 27.9. The summed E-state index contributed by atoms with van der Waals surface area (Å²) in [6.45, 7) is 0. The molecule has 0 amide bonds. The Kier molecular flexibility index (Phi) is 5.98. The number of benzene rings is 8. The van der Waals surface area contributed by atoms with Gasteiger partial charge in [-0.2, -0.15) is 0 Å². The van der Waals surface area contributed by atoms with E-state index in [1.54, 1.807) is 0 Å². The summed E-state index contributed by atoms with van der Waals surface area (Å²) in [4.78, 5) is 3.74. The predicted molar refractivity (Wildman–Crippen MR) is 209 cm³/mol. The monoisotopic (exact) mass is 649 g/mol. The molecule has 3 aliphatic rings. The summed E-state index contributed by atoms with van der Waals surface area (Å²) in [5, 5.41) is 0. The molecule has 1 N–H and O–H groups in total. The fourth-order valence-corrected chi connectivity index (χ4v) is 9.36. The van der Waals surface area contributed by atoms with E-state index in [1.165, 1.54) is 77.6 Å². The van der Waals surface area contributed by atoms with Gasteiger partial charge in [-0.25, -0.2) is 4.90 Å². The lowest BCUT2D eigenvalue weighted by Crippen LogP contribution is -2.95. The zero-order valence-electron chi connectivity index (χ0n) is 27.9. The molecule has 0 bridgehead atoms. The van der Waals surface area contributed by atoms with Crippen LogP contribution in [0.4, 0.5) is 34.1 Å². The van der Waals surface area contributed by atoms with Crippen LogP contribution < -0.4 is 9.80 Å². The number of anilines is 3. The summed E-state index contributed by atoms with van der Waals surface area (Å²) < 4.78 is 0. The molecule has 1 unspecified atom stereocenters. The van der Waals surface area contributed by atoms with Gasteiger partial charge >= 0.3 is 0 Å². The van der Waals surface area contributed by atoms with Gasteiger partial charge in [0.05, 0.1) is 11.0 Å². The van der Waals surface area contributed by atoms with Crippen LogP contribution in [0.3, 0.4) is 0 Å². The molecule has 0 radical (unpaired) electrons. The number of quaternary nitrogens is 1. The highest BCUT2D eigenvalue weighted by molar-refractivity contribution is 5.97. The molecule has 8 aromatic rings. The van der Waals surface area contributed by atoms with Gasteiger partial charge in [0, 0.05) is 34.8 Å². The third-order valence-electron chi connectivity index (χ3n) is 11.3. The molecular weight excluding hydrogens is 617 g/mol. The molecule has 238 valence electrons. The summed E-state index contributed by atoms with van der Waals surface area (Å²) >= 11 is 0. The molecule has 1 spiro atoms. The van der Waals surface area contributed by atoms with Crippen LogP contribution in [-0.2, 0) is 5.41 Å².